The van der Waals surface area contributed by atoms with Gasteiger partial charge in [0.15, 0.2) is 0 Å². The summed E-state index contributed by atoms with van der Waals surface area (Å²) in [5.41, 5.74) is 6.04. The summed E-state index contributed by atoms with van der Waals surface area (Å²) in [5, 5.41) is 0.239. The fraction of sp³-hybridized carbons (Fsp3) is 1.00. The van der Waals surface area contributed by atoms with Crippen molar-refractivity contribution in [3.63, 3.8) is 0 Å². The number of hydrogen-bond acceptors (Lipinski definition) is 2. The van der Waals surface area contributed by atoms with Gasteiger partial charge in [-0.15, -0.1) is 0 Å². The molecule has 2 nitrogen and oxygen atoms in total. The first kappa shape index (κ1) is 14.1. The van der Waals surface area contributed by atoms with Crippen molar-refractivity contribution in [2.45, 2.75) is 52.8 Å². The van der Waals surface area contributed by atoms with Gasteiger partial charge in [0.1, 0.15) is 0 Å². The maximum absolute atomic E-state index is 11.9. The first-order chi connectivity index (χ1) is 6.16. The minimum absolute atomic E-state index is 0.0181. The molecule has 0 aliphatic carbocycles. The lowest BCUT2D eigenvalue weighted by atomic mass is 9.89. The van der Waals surface area contributed by atoms with Crippen LogP contribution in [0.15, 0.2) is 0 Å². The number of hydrogen-bond donors (Lipinski definition) is 1. The maximum atomic E-state index is 11.9. The van der Waals surface area contributed by atoms with E-state index in [0.717, 1.165) is 0 Å². The van der Waals surface area contributed by atoms with Crippen molar-refractivity contribution in [2.24, 2.45) is 17.1 Å². The first-order valence-corrected chi connectivity index (χ1v) is 6.67. The van der Waals surface area contributed by atoms with Crippen molar-refractivity contribution in [1.82, 2.24) is 0 Å². The molecule has 2 N–H and O–H groups in total. The Hall–Kier alpha value is 0.110. The molecule has 86 valence electrons. The number of rotatable bonds is 4. The standard InChI is InChI=1S/C11H25NOS/c1-8(2)9(3)14(13)7-10(12)11(4,5)6/h8-10H,7,12H2,1-6H3. The van der Waals surface area contributed by atoms with Crippen molar-refractivity contribution < 1.29 is 4.21 Å². The van der Waals surface area contributed by atoms with Gasteiger partial charge in [-0.25, -0.2) is 0 Å². The first-order valence-electron chi connectivity index (χ1n) is 5.29. The fourth-order valence-electron chi connectivity index (χ4n) is 0.882. The Bertz CT molecular complexity index is 196. The van der Waals surface area contributed by atoms with Gasteiger partial charge in [-0.05, 0) is 11.3 Å². The van der Waals surface area contributed by atoms with Crippen LogP contribution in [-0.4, -0.2) is 21.3 Å². The van der Waals surface area contributed by atoms with E-state index in [9.17, 15) is 4.21 Å². The van der Waals surface area contributed by atoms with E-state index in [1.54, 1.807) is 0 Å². The molecular formula is C11H25NOS. The van der Waals surface area contributed by atoms with Gasteiger partial charge in [0.25, 0.3) is 0 Å². The summed E-state index contributed by atoms with van der Waals surface area (Å²) < 4.78 is 11.9. The minimum Gasteiger partial charge on any atom is -0.326 e. The van der Waals surface area contributed by atoms with Gasteiger partial charge in [0, 0.05) is 27.8 Å². The smallest absolute Gasteiger partial charge is 0.0394 e. The van der Waals surface area contributed by atoms with E-state index in [0.29, 0.717) is 11.7 Å². The normalized spacial score (nSPS) is 19.4. The average molecular weight is 219 g/mol. The molecule has 0 fully saturated rings. The third kappa shape index (κ3) is 4.56. The van der Waals surface area contributed by atoms with Crippen molar-refractivity contribution >= 4 is 10.8 Å². The van der Waals surface area contributed by atoms with Crippen LogP contribution in [-0.2, 0) is 10.8 Å². The van der Waals surface area contributed by atoms with Gasteiger partial charge < -0.3 is 5.73 Å². The molecule has 3 unspecified atom stereocenters. The van der Waals surface area contributed by atoms with Crippen LogP contribution in [0.25, 0.3) is 0 Å². The Labute approximate surface area is 91.1 Å². The third-order valence-corrected chi connectivity index (χ3v) is 4.87. The molecule has 0 heterocycles. The van der Waals surface area contributed by atoms with Crippen molar-refractivity contribution in [1.29, 1.82) is 0 Å². The summed E-state index contributed by atoms with van der Waals surface area (Å²) in [7, 11) is -0.796. The Morgan fingerprint density at radius 3 is 1.93 bits per heavy atom. The van der Waals surface area contributed by atoms with E-state index in [4.69, 9.17) is 5.73 Å². The monoisotopic (exact) mass is 219 g/mol. The molecule has 0 bridgehead atoms. The molecular weight excluding hydrogens is 194 g/mol. The second kappa shape index (κ2) is 5.26. The SMILES string of the molecule is CC(C)C(C)S(=O)CC(N)C(C)(C)C. The van der Waals surface area contributed by atoms with E-state index >= 15 is 0 Å². The Balaban J connectivity index is 4.20. The topological polar surface area (TPSA) is 43.1 Å². The molecule has 0 aliphatic rings. The molecule has 0 saturated heterocycles. The van der Waals surface area contributed by atoms with E-state index in [1.807, 2.05) is 6.92 Å². The van der Waals surface area contributed by atoms with Gasteiger partial charge in [-0.3, -0.25) is 4.21 Å². The predicted octanol–water partition coefficient (Wildman–Crippen LogP) is 2.15. The highest BCUT2D eigenvalue weighted by Gasteiger charge is 2.25. The lowest BCUT2D eigenvalue weighted by molar-refractivity contribution is 0.342. The van der Waals surface area contributed by atoms with Crippen molar-refractivity contribution in [3.05, 3.63) is 0 Å². The van der Waals surface area contributed by atoms with Crippen LogP contribution in [0.4, 0.5) is 0 Å². The minimum atomic E-state index is -0.796. The molecule has 3 atom stereocenters. The maximum Gasteiger partial charge on any atom is 0.0394 e. The molecule has 0 radical (unpaired) electrons. The van der Waals surface area contributed by atoms with Gasteiger partial charge in [-0.2, -0.15) is 0 Å². The van der Waals surface area contributed by atoms with Crippen molar-refractivity contribution in [3.8, 4) is 0 Å². The quantitative estimate of drug-likeness (QED) is 0.787. The zero-order valence-corrected chi connectivity index (χ0v) is 11.1. The van der Waals surface area contributed by atoms with Gasteiger partial charge in [0.2, 0.25) is 0 Å². The molecule has 0 aromatic heterocycles. The van der Waals surface area contributed by atoms with Crippen LogP contribution in [0.3, 0.4) is 0 Å². The third-order valence-electron chi connectivity index (χ3n) is 2.81. The Morgan fingerprint density at radius 1 is 1.21 bits per heavy atom. The average Bonchev–Trinajstić information content (AvgIpc) is 2.00. The molecule has 0 rings (SSSR count). The lowest BCUT2D eigenvalue weighted by Crippen LogP contribution is -2.41. The van der Waals surface area contributed by atoms with Gasteiger partial charge in [0.05, 0.1) is 0 Å². The highest BCUT2D eigenvalue weighted by atomic mass is 32.2. The molecule has 0 amide bonds. The predicted molar refractivity (Wildman–Crippen MR) is 64.7 cm³/mol. The summed E-state index contributed by atoms with van der Waals surface area (Å²) in [6, 6.07) is 0.0181. The van der Waals surface area contributed by atoms with Gasteiger partial charge in [-0.1, -0.05) is 41.5 Å². The van der Waals surface area contributed by atoms with Crippen LogP contribution < -0.4 is 5.73 Å². The molecule has 14 heavy (non-hydrogen) atoms. The molecule has 0 saturated carbocycles. The highest BCUT2D eigenvalue weighted by Crippen LogP contribution is 2.19. The summed E-state index contributed by atoms with van der Waals surface area (Å²) in [4.78, 5) is 0. The summed E-state index contributed by atoms with van der Waals surface area (Å²) in [6.45, 7) is 12.5. The second-order valence-electron chi connectivity index (χ2n) is 5.47. The molecule has 3 heteroatoms. The van der Waals surface area contributed by atoms with Crippen LogP contribution in [0.2, 0.25) is 0 Å². The Morgan fingerprint density at radius 2 is 1.64 bits per heavy atom. The van der Waals surface area contributed by atoms with E-state index in [2.05, 4.69) is 34.6 Å². The fourth-order valence-corrected chi connectivity index (χ4v) is 2.65. The van der Waals surface area contributed by atoms with E-state index in [-0.39, 0.29) is 16.7 Å². The summed E-state index contributed by atoms with van der Waals surface area (Å²) in [6.07, 6.45) is 0. The van der Waals surface area contributed by atoms with Crippen LogP contribution in [0.1, 0.15) is 41.5 Å². The van der Waals surface area contributed by atoms with Crippen LogP contribution in [0, 0.1) is 11.3 Å². The molecule has 0 aromatic carbocycles. The van der Waals surface area contributed by atoms with E-state index < -0.39 is 10.8 Å². The lowest BCUT2D eigenvalue weighted by Gasteiger charge is -2.28. The highest BCUT2D eigenvalue weighted by molar-refractivity contribution is 7.85. The summed E-state index contributed by atoms with van der Waals surface area (Å²) in [5.74, 6) is 1.08. The molecule has 0 aromatic rings. The van der Waals surface area contributed by atoms with Crippen molar-refractivity contribution in [2.75, 3.05) is 5.75 Å². The molecule has 0 spiro atoms. The van der Waals surface area contributed by atoms with E-state index in [1.165, 1.54) is 0 Å². The summed E-state index contributed by atoms with van der Waals surface area (Å²) >= 11 is 0. The van der Waals surface area contributed by atoms with Gasteiger partial charge >= 0.3 is 0 Å². The second-order valence-corrected chi connectivity index (χ2v) is 7.31. The van der Waals surface area contributed by atoms with Crippen LogP contribution >= 0.6 is 0 Å². The van der Waals surface area contributed by atoms with Crippen LogP contribution in [0.5, 0.6) is 0 Å². The number of nitrogens with two attached hydrogens (primary N) is 1. The largest absolute Gasteiger partial charge is 0.326 e. The Kier molecular flexibility index (Phi) is 5.31. The zero-order chi connectivity index (χ0) is 11.5. The molecule has 0 aliphatic heterocycles. The zero-order valence-electron chi connectivity index (χ0n) is 10.3.